The third kappa shape index (κ3) is 5.50. The second-order valence-electron chi connectivity index (χ2n) is 9.97. The van der Waals surface area contributed by atoms with Gasteiger partial charge in [0.2, 0.25) is 0 Å². The van der Waals surface area contributed by atoms with E-state index in [1.54, 1.807) is 38.4 Å². The molecule has 2 heterocycles. The summed E-state index contributed by atoms with van der Waals surface area (Å²) in [7, 11) is 3.36. The molecule has 1 aliphatic carbocycles. The lowest BCUT2D eigenvalue weighted by Crippen LogP contribution is -2.27. The molecule has 0 unspecified atom stereocenters. The zero-order chi connectivity index (χ0) is 23.8. The van der Waals surface area contributed by atoms with Crippen LogP contribution < -0.4 is 10.1 Å². The molecule has 2 amide bonds. The standard InChI is InChI=1S/C25H30N4O4/c1-25(2,3)13-20-22-18(12-19(15-6-7-15)27-24(22)33-28-20)23(31)26-16-8-10-17(11-9-16)32-14-21(30)29(4)5/h8-12,15H,6-7,13-14H2,1-5H3,(H,26,31). The van der Waals surface area contributed by atoms with Gasteiger partial charge in [-0.2, -0.15) is 0 Å². The number of aromatic nitrogens is 2. The number of carbonyl (C=O) groups is 2. The molecule has 1 fully saturated rings. The van der Waals surface area contributed by atoms with Gasteiger partial charge in [-0.3, -0.25) is 9.59 Å². The maximum Gasteiger partial charge on any atom is 0.259 e. The first-order chi connectivity index (χ1) is 15.6. The molecule has 1 aliphatic rings. The van der Waals surface area contributed by atoms with Gasteiger partial charge in [-0.05, 0) is 55.0 Å². The van der Waals surface area contributed by atoms with E-state index in [-0.39, 0.29) is 23.8 Å². The van der Waals surface area contributed by atoms with Gasteiger partial charge in [0, 0.05) is 31.4 Å². The molecule has 4 rings (SSSR count). The molecule has 0 spiro atoms. The summed E-state index contributed by atoms with van der Waals surface area (Å²) in [6.07, 6.45) is 2.81. The lowest BCUT2D eigenvalue weighted by atomic mass is 9.89. The third-order valence-corrected chi connectivity index (χ3v) is 5.45. The summed E-state index contributed by atoms with van der Waals surface area (Å²) in [6.45, 7) is 6.32. The van der Waals surface area contributed by atoms with Crippen molar-refractivity contribution in [1.29, 1.82) is 0 Å². The largest absolute Gasteiger partial charge is 0.484 e. The Morgan fingerprint density at radius 1 is 1.18 bits per heavy atom. The number of benzene rings is 1. The van der Waals surface area contributed by atoms with Crippen molar-refractivity contribution in [3.05, 3.63) is 47.3 Å². The average Bonchev–Trinajstić information content (AvgIpc) is 3.53. The number of likely N-dealkylation sites (N-methyl/N-ethyl adjacent to an activating group) is 1. The number of nitrogens with one attached hydrogen (secondary N) is 1. The fourth-order valence-electron chi connectivity index (χ4n) is 3.53. The Morgan fingerprint density at radius 2 is 1.88 bits per heavy atom. The highest BCUT2D eigenvalue weighted by atomic mass is 16.5. The van der Waals surface area contributed by atoms with Crippen molar-refractivity contribution in [3.8, 4) is 5.75 Å². The van der Waals surface area contributed by atoms with Crippen molar-refractivity contribution in [2.24, 2.45) is 5.41 Å². The summed E-state index contributed by atoms with van der Waals surface area (Å²) >= 11 is 0. The lowest BCUT2D eigenvalue weighted by Gasteiger charge is -2.16. The summed E-state index contributed by atoms with van der Waals surface area (Å²) < 4.78 is 11.0. The number of hydrogen-bond acceptors (Lipinski definition) is 6. The molecule has 0 radical (unpaired) electrons. The van der Waals surface area contributed by atoms with E-state index in [0.717, 1.165) is 24.2 Å². The first kappa shape index (κ1) is 22.8. The minimum Gasteiger partial charge on any atom is -0.484 e. The fourth-order valence-corrected chi connectivity index (χ4v) is 3.53. The Hall–Kier alpha value is -3.42. The molecule has 174 valence electrons. The fraction of sp³-hybridized carbons (Fsp3) is 0.440. The van der Waals surface area contributed by atoms with Gasteiger partial charge in [-0.15, -0.1) is 0 Å². The lowest BCUT2D eigenvalue weighted by molar-refractivity contribution is -0.130. The average molecular weight is 451 g/mol. The normalized spacial score (nSPS) is 13.7. The summed E-state index contributed by atoms with van der Waals surface area (Å²) in [5.41, 5.74) is 3.17. The highest BCUT2D eigenvalue weighted by Gasteiger charge is 2.30. The third-order valence-electron chi connectivity index (χ3n) is 5.45. The minimum absolute atomic E-state index is 0.0174. The van der Waals surface area contributed by atoms with Crippen LogP contribution in [0.25, 0.3) is 11.1 Å². The molecule has 1 aromatic carbocycles. The van der Waals surface area contributed by atoms with Crippen molar-refractivity contribution >= 4 is 28.6 Å². The van der Waals surface area contributed by atoms with Crippen LogP contribution in [0, 0.1) is 5.41 Å². The first-order valence-corrected chi connectivity index (χ1v) is 11.1. The van der Waals surface area contributed by atoms with Gasteiger partial charge in [0.1, 0.15) is 5.75 Å². The number of hydrogen-bond donors (Lipinski definition) is 1. The molecular formula is C25H30N4O4. The SMILES string of the molecule is CN(C)C(=O)COc1ccc(NC(=O)c2cc(C3CC3)nc3onc(CC(C)(C)C)c23)cc1. The van der Waals surface area contributed by atoms with Crippen molar-refractivity contribution in [2.45, 2.75) is 46.0 Å². The molecule has 1 N–H and O–H groups in total. The zero-order valence-electron chi connectivity index (χ0n) is 19.8. The molecule has 0 bridgehead atoms. The summed E-state index contributed by atoms with van der Waals surface area (Å²) in [5.74, 6) is 0.565. The molecule has 33 heavy (non-hydrogen) atoms. The van der Waals surface area contributed by atoms with Crippen molar-refractivity contribution < 1.29 is 18.8 Å². The van der Waals surface area contributed by atoms with E-state index in [1.807, 2.05) is 6.07 Å². The number of carbonyl (C=O) groups excluding carboxylic acids is 2. The molecule has 8 nitrogen and oxygen atoms in total. The quantitative estimate of drug-likeness (QED) is 0.573. The number of amides is 2. The van der Waals surface area contributed by atoms with Crippen LogP contribution in [0.4, 0.5) is 5.69 Å². The highest BCUT2D eigenvalue weighted by molar-refractivity contribution is 6.12. The van der Waals surface area contributed by atoms with Crippen molar-refractivity contribution in [1.82, 2.24) is 15.0 Å². The molecule has 1 saturated carbocycles. The Labute approximate surface area is 193 Å². The number of anilines is 1. The van der Waals surface area contributed by atoms with E-state index in [9.17, 15) is 9.59 Å². The monoisotopic (exact) mass is 450 g/mol. The van der Waals surface area contributed by atoms with Crippen molar-refractivity contribution in [2.75, 3.05) is 26.0 Å². The Bertz CT molecular complexity index is 1170. The van der Waals surface area contributed by atoms with E-state index in [4.69, 9.17) is 9.26 Å². The maximum absolute atomic E-state index is 13.3. The van der Waals surface area contributed by atoms with Crippen LogP contribution in [-0.4, -0.2) is 47.6 Å². The van der Waals surface area contributed by atoms with Gasteiger partial charge < -0.3 is 19.5 Å². The number of pyridine rings is 1. The molecule has 0 saturated heterocycles. The van der Waals surface area contributed by atoms with E-state index >= 15 is 0 Å². The first-order valence-electron chi connectivity index (χ1n) is 11.1. The summed E-state index contributed by atoms with van der Waals surface area (Å²) in [5, 5.41) is 7.88. The van der Waals surface area contributed by atoms with Crippen LogP contribution in [0.3, 0.4) is 0 Å². The molecule has 2 aromatic heterocycles. The van der Waals surface area contributed by atoms with E-state index in [1.165, 1.54) is 4.90 Å². The predicted octanol–water partition coefficient (Wildman–Crippen LogP) is 4.41. The van der Waals surface area contributed by atoms with Gasteiger partial charge in [0.25, 0.3) is 17.5 Å². The Kier molecular flexibility index (Phi) is 6.10. The molecule has 0 aliphatic heterocycles. The Morgan fingerprint density at radius 3 is 2.48 bits per heavy atom. The minimum atomic E-state index is -0.237. The number of fused-ring (bicyclic) bond motifs is 1. The van der Waals surface area contributed by atoms with E-state index < -0.39 is 0 Å². The van der Waals surface area contributed by atoms with E-state index in [2.05, 4.69) is 36.2 Å². The van der Waals surface area contributed by atoms with Crippen LogP contribution in [0.5, 0.6) is 5.75 Å². The molecule has 0 atom stereocenters. The zero-order valence-corrected chi connectivity index (χ0v) is 19.8. The molecular weight excluding hydrogens is 420 g/mol. The number of rotatable bonds is 7. The van der Waals surface area contributed by atoms with Crippen molar-refractivity contribution in [3.63, 3.8) is 0 Å². The highest BCUT2D eigenvalue weighted by Crippen LogP contribution is 2.41. The summed E-state index contributed by atoms with van der Waals surface area (Å²) in [4.78, 5) is 31.1. The van der Waals surface area contributed by atoms with Crippen LogP contribution in [0.15, 0.2) is 34.9 Å². The number of ether oxygens (including phenoxy) is 1. The van der Waals surface area contributed by atoms with E-state index in [0.29, 0.717) is 40.4 Å². The second kappa shape index (κ2) is 8.84. The van der Waals surface area contributed by atoms with Gasteiger partial charge in [0.15, 0.2) is 6.61 Å². The molecule has 3 aromatic rings. The Balaban J connectivity index is 1.57. The van der Waals surface area contributed by atoms with Crippen LogP contribution in [0.1, 0.15) is 61.3 Å². The van der Waals surface area contributed by atoms with Crippen LogP contribution in [0.2, 0.25) is 0 Å². The predicted molar refractivity (Wildman–Crippen MR) is 126 cm³/mol. The van der Waals surface area contributed by atoms with Gasteiger partial charge in [-0.1, -0.05) is 25.9 Å². The smallest absolute Gasteiger partial charge is 0.259 e. The van der Waals surface area contributed by atoms with Gasteiger partial charge >= 0.3 is 0 Å². The van der Waals surface area contributed by atoms with Crippen LogP contribution in [-0.2, 0) is 11.2 Å². The van der Waals surface area contributed by atoms with Gasteiger partial charge in [-0.25, -0.2) is 4.98 Å². The van der Waals surface area contributed by atoms with Gasteiger partial charge in [0.05, 0.1) is 16.6 Å². The second-order valence-corrected chi connectivity index (χ2v) is 9.97. The molecule has 8 heteroatoms. The van der Waals surface area contributed by atoms with Crippen LogP contribution >= 0.6 is 0 Å². The topological polar surface area (TPSA) is 97.6 Å². The number of nitrogens with zero attached hydrogens (tertiary/aromatic N) is 3. The maximum atomic E-state index is 13.3. The summed E-state index contributed by atoms with van der Waals surface area (Å²) in [6, 6.07) is 8.82.